The number of aliphatic hydroxyl groups is 1. The summed E-state index contributed by atoms with van der Waals surface area (Å²) in [6.45, 7) is 3.76. The van der Waals surface area contributed by atoms with E-state index >= 15 is 0 Å². The molecule has 1 unspecified atom stereocenters. The molecule has 5 heteroatoms. The number of rotatable bonds is 4. The number of hydrogen-bond donors (Lipinski definition) is 1. The van der Waals surface area contributed by atoms with E-state index in [2.05, 4.69) is 16.1 Å². The first-order valence-electron chi connectivity index (χ1n) is 3.23. The molecule has 0 aromatic rings. The average Bonchev–Trinajstić information content (AvgIpc) is 2.03. The second-order valence-electron chi connectivity index (χ2n) is 1.86. The van der Waals surface area contributed by atoms with E-state index in [1.54, 1.807) is 0 Å². The highest BCUT2D eigenvalue weighted by atomic mass is 16.7. The SMILES string of the molecule is C=CC(=O)OC(C)OC(=O)CO. The Bertz CT molecular complexity index is 186. The molecule has 68 valence electrons. The fraction of sp³-hybridized carbons (Fsp3) is 0.429. The van der Waals surface area contributed by atoms with Gasteiger partial charge in [0.25, 0.3) is 0 Å². The number of carbonyl (C=O) groups is 2. The van der Waals surface area contributed by atoms with Crippen molar-refractivity contribution in [2.24, 2.45) is 0 Å². The first-order valence-corrected chi connectivity index (χ1v) is 3.23. The van der Waals surface area contributed by atoms with E-state index in [-0.39, 0.29) is 0 Å². The molecule has 0 aromatic carbocycles. The molecule has 0 bridgehead atoms. The van der Waals surface area contributed by atoms with Crippen LogP contribution >= 0.6 is 0 Å². The normalized spacial score (nSPS) is 11.5. The lowest BCUT2D eigenvalue weighted by molar-refractivity contribution is -0.183. The zero-order valence-electron chi connectivity index (χ0n) is 6.65. The second-order valence-corrected chi connectivity index (χ2v) is 1.86. The predicted molar refractivity (Wildman–Crippen MR) is 38.9 cm³/mol. The molecule has 0 radical (unpaired) electrons. The van der Waals surface area contributed by atoms with Crippen molar-refractivity contribution in [2.75, 3.05) is 6.61 Å². The number of aliphatic hydroxyl groups excluding tert-OH is 1. The maximum Gasteiger partial charge on any atom is 0.334 e. The van der Waals surface area contributed by atoms with Crippen LogP contribution in [0.15, 0.2) is 12.7 Å². The van der Waals surface area contributed by atoms with Gasteiger partial charge in [-0.3, -0.25) is 0 Å². The minimum absolute atomic E-state index is 0.687. The molecule has 0 spiro atoms. The van der Waals surface area contributed by atoms with Crippen LogP contribution in [0.5, 0.6) is 0 Å². The molecule has 0 saturated carbocycles. The van der Waals surface area contributed by atoms with E-state index in [1.807, 2.05) is 0 Å². The molecule has 12 heavy (non-hydrogen) atoms. The first kappa shape index (κ1) is 10.6. The van der Waals surface area contributed by atoms with E-state index in [0.717, 1.165) is 6.08 Å². The molecule has 0 rings (SSSR count). The Morgan fingerprint density at radius 1 is 1.58 bits per heavy atom. The van der Waals surface area contributed by atoms with E-state index in [1.165, 1.54) is 6.92 Å². The topological polar surface area (TPSA) is 72.8 Å². The maximum atomic E-state index is 10.5. The van der Waals surface area contributed by atoms with E-state index in [0.29, 0.717) is 0 Å². The van der Waals surface area contributed by atoms with Gasteiger partial charge in [0, 0.05) is 13.0 Å². The minimum atomic E-state index is -1.00. The molecular formula is C7H10O5. The molecule has 0 saturated heterocycles. The van der Waals surface area contributed by atoms with Crippen molar-refractivity contribution in [2.45, 2.75) is 13.2 Å². The average molecular weight is 174 g/mol. The summed E-state index contributed by atoms with van der Waals surface area (Å²) in [6.07, 6.45) is -0.0568. The van der Waals surface area contributed by atoms with Gasteiger partial charge in [-0.15, -0.1) is 0 Å². The van der Waals surface area contributed by atoms with Crippen molar-refractivity contribution in [1.82, 2.24) is 0 Å². The summed E-state index contributed by atoms with van der Waals surface area (Å²) in [4.78, 5) is 20.9. The van der Waals surface area contributed by atoms with Crippen LogP contribution in [0.2, 0.25) is 0 Å². The van der Waals surface area contributed by atoms with Gasteiger partial charge in [-0.25, -0.2) is 9.59 Å². The van der Waals surface area contributed by atoms with Gasteiger partial charge < -0.3 is 14.6 Å². The largest absolute Gasteiger partial charge is 0.424 e. The molecule has 0 aromatic heterocycles. The van der Waals surface area contributed by atoms with Crippen LogP contribution in [0, 0.1) is 0 Å². The van der Waals surface area contributed by atoms with Crippen LogP contribution in [0.4, 0.5) is 0 Å². The summed E-state index contributed by atoms with van der Waals surface area (Å²) in [6, 6.07) is 0. The van der Waals surface area contributed by atoms with Crippen molar-refractivity contribution < 1.29 is 24.2 Å². The third-order valence-corrected chi connectivity index (χ3v) is 0.875. The highest BCUT2D eigenvalue weighted by Crippen LogP contribution is 1.94. The predicted octanol–water partition coefficient (Wildman–Crippen LogP) is -0.403. The summed E-state index contributed by atoms with van der Waals surface area (Å²) in [5.41, 5.74) is 0. The van der Waals surface area contributed by atoms with Crippen molar-refractivity contribution in [1.29, 1.82) is 0 Å². The summed E-state index contributed by atoms with van der Waals surface area (Å²) >= 11 is 0. The molecule has 0 heterocycles. The lowest BCUT2D eigenvalue weighted by Gasteiger charge is -2.11. The Morgan fingerprint density at radius 3 is 2.58 bits per heavy atom. The lowest BCUT2D eigenvalue weighted by Crippen LogP contribution is -2.22. The molecule has 1 atom stereocenters. The van der Waals surface area contributed by atoms with Gasteiger partial charge in [0.2, 0.25) is 6.29 Å². The van der Waals surface area contributed by atoms with E-state index in [4.69, 9.17) is 5.11 Å². The maximum absolute atomic E-state index is 10.5. The third kappa shape index (κ3) is 4.45. The zero-order valence-corrected chi connectivity index (χ0v) is 6.65. The molecular weight excluding hydrogens is 164 g/mol. The molecule has 0 fully saturated rings. The summed E-state index contributed by atoms with van der Waals surface area (Å²) in [5.74, 6) is -1.53. The minimum Gasteiger partial charge on any atom is -0.424 e. The second kappa shape index (κ2) is 5.31. The molecule has 5 nitrogen and oxygen atoms in total. The van der Waals surface area contributed by atoms with Gasteiger partial charge in [-0.05, 0) is 0 Å². The summed E-state index contributed by atoms with van der Waals surface area (Å²) < 4.78 is 8.85. The summed E-state index contributed by atoms with van der Waals surface area (Å²) in [7, 11) is 0. The van der Waals surface area contributed by atoms with Gasteiger partial charge in [0.15, 0.2) is 0 Å². The van der Waals surface area contributed by atoms with Crippen LogP contribution in [0.1, 0.15) is 6.92 Å². The Morgan fingerprint density at radius 2 is 2.17 bits per heavy atom. The number of carbonyl (C=O) groups excluding carboxylic acids is 2. The lowest BCUT2D eigenvalue weighted by atomic mass is 10.6. The Balaban J connectivity index is 3.73. The van der Waals surface area contributed by atoms with Crippen molar-refractivity contribution in [3.63, 3.8) is 0 Å². The van der Waals surface area contributed by atoms with Gasteiger partial charge in [-0.1, -0.05) is 6.58 Å². The molecule has 0 aliphatic carbocycles. The first-order chi connectivity index (χ1) is 5.60. The summed E-state index contributed by atoms with van der Waals surface area (Å²) in [5, 5.41) is 8.24. The van der Waals surface area contributed by atoms with Gasteiger partial charge >= 0.3 is 11.9 Å². The van der Waals surface area contributed by atoms with Crippen molar-refractivity contribution in [3.8, 4) is 0 Å². The van der Waals surface area contributed by atoms with Gasteiger partial charge in [0.1, 0.15) is 6.61 Å². The fourth-order valence-corrected chi connectivity index (χ4v) is 0.458. The van der Waals surface area contributed by atoms with Crippen LogP contribution < -0.4 is 0 Å². The zero-order chi connectivity index (χ0) is 9.56. The van der Waals surface area contributed by atoms with Gasteiger partial charge in [-0.2, -0.15) is 0 Å². The Hall–Kier alpha value is -1.36. The van der Waals surface area contributed by atoms with E-state index in [9.17, 15) is 9.59 Å². The molecule has 0 aliphatic rings. The van der Waals surface area contributed by atoms with Crippen LogP contribution in [-0.4, -0.2) is 29.9 Å². The smallest absolute Gasteiger partial charge is 0.334 e. The van der Waals surface area contributed by atoms with Crippen LogP contribution in [0.25, 0.3) is 0 Å². The molecule has 0 amide bonds. The van der Waals surface area contributed by atoms with E-state index < -0.39 is 24.8 Å². The highest BCUT2D eigenvalue weighted by Gasteiger charge is 2.10. The third-order valence-electron chi connectivity index (χ3n) is 0.875. The number of hydrogen-bond acceptors (Lipinski definition) is 5. The van der Waals surface area contributed by atoms with Crippen molar-refractivity contribution in [3.05, 3.63) is 12.7 Å². The number of ether oxygens (including phenoxy) is 2. The standard InChI is InChI=1S/C7H10O5/c1-3-6(9)11-5(2)12-7(10)4-8/h3,5,8H,1,4H2,2H3. The van der Waals surface area contributed by atoms with Crippen LogP contribution in [0.3, 0.4) is 0 Å². The Kier molecular flexibility index (Phi) is 4.71. The fourth-order valence-electron chi connectivity index (χ4n) is 0.458. The molecule has 0 aliphatic heterocycles. The monoisotopic (exact) mass is 174 g/mol. The highest BCUT2D eigenvalue weighted by molar-refractivity contribution is 5.81. The number of esters is 2. The van der Waals surface area contributed by atoms with Crippen molar-refractivity contribution >= 4 is 11.9 Å². The quantitative estimate of drug-likeness (QED) is 0.356. The van der Waals surface area contributed by atoms with Crippen LogP contribution in [-0.2, 0) is 19.1 Å². The Labute approximate surface area is 69.6 Å². The van der Waals surface area contributed by atoms with Gasteiger partial charge in [0.05, 0.1) is 0 Å². The molecule has 1 N–H and O–H groups in total.